The fourth-order valence-electron chi connectivity index (χ4n) is 2.87. The molecular weight excluding hydrogens is 354 g/mol. The highest BCUT2D eigenvalue weighted by Crippen LogP contribution is 2.17. The van der Waals surface area contributed by atoms with Crippen LogP contribution in [0.15, 0.2) is 66.7 Å². The van der Waals surface area contributed by atoms with Crippen LogP contribution in [0.4, 0.5) is 0 Å². The Bertz CT molecular complexity index is 806. The molecule has 0 aromatic heterocycles. The van der Waals surface area contributed by atoms with Gasteiger partial charge in [0.15, 0.2) is 0 Å². The monoisotopic (exact) mass is 389 g/mol. The number of hydrogen-bond acceptors (Lipinski definition) is 2. The molecule has 0 aliphatic heterocycles. The Morgan fingerprint density at radius 1 is 1.00 bits per heavy atom. The molecule has 0 saturated heterocycles. The Hall–Kier alpha value is -2.50. The van der Waals surface area contributed by atoms with Crippen molar-refractivity contribution in [3.63, 3.8) is 0 Å². The van der Waals surface area contributed by atoms with Crippen molar-refractivity contribution in [1.29, 1.82) is 0 Å². The van der Waals surface area contributed by atoms with Crippen LogP contribution in [0.2, 0.25) is 0 Å². The third-order valence-electron chi connectivity index (χ3n) is 4.39. The van der Waals surface area contributed by atoms with E-state index in [4.69, 9.17) is 4.74 Å². The van der Waals surface area contributed by atoms with Gasteiger partial charge in [0.1, 0.15) is 12.4 Å². The number of nitrogens with zero attached hydrogens (tertiary/aromatic N) is 1. The fraction of sp³-hybridized carbons (Fsp3) is 0.407. The molecule has 0 unspecified atom stereocenters. The summed E-state index contributed by atoms with van der Waals surface area (Å²) in [4.78, 5) is 2.47. The van der Waals surface area contributed by atoms with Gasteiger partial charge in [-0.2, -0.15) is 0 Å². The van der Waals surface area contributed by atoms with E-state index >= 15 is 0 Å². The van der Waals surface area contributed by atoms with Gasteiger partial charge in [0.2, 0.25) is 0 Å². The van der Waals surface area contributed by atoms with E-state index < -0.39 is 0 Å². The van der Waals surface area contributed by atoms with Crippen molar-refractivity contribution in [3.05, 3.63) is 77.9 Å². The summed E-state index contributed by atoms with van der Waals surface area (Å²) in [6.45, 7) is 12.1. The Morgan fingerprint density at radius 3 is 2.48 bits per heavy atom. The van der Waals surface area contributed by atoms with Gasteiger partial charge >= 0.3 is 0 Å². The number of allylic oxidation sites excluding steroid dienone is 1. The van der Waals surface area contributed by atoms with Crippen LogP contribution in [0.1, 0.15) is 51.7 Å². The van der Waals surface area contributed by atoms with Gasteiger partial charge in [-0.15, -0.1) is 0 Å². The van der Waals surface area contributed by atoms with E-state index in [-0.39, 0.29) is 5.41 Å². The molecule has 0 saturated carbocycles. The quantitative estimate of drug-likeness (QED) is 0.432. The number of unbranched alkanes of at least 4 members (excludes halogenated alkanes) is 1. The molecule has 0 atom stereocenters. The average Bonchev–Trinajstić information content (AvgIpc) is 2.70. The zero-order valence-corrected chi connectivity index (χ0v) is 18.4. The summed E-state index contributed by atoms with van der Waals surface area (Å²) in [5.41, 5.74) is 2.51. The van der Waals surface area contributed by atoms with Gasteiger partial charge in [-0.3, -0.25) is 4.90 Å². The van der Waals surface area contributed by atoms with Crippen LogP contribution < -0.4 is 4.74 Å². The van der Waals surface area contributed by atoms with Gasteiger partial charge in [-0.1, -0.05) is 73.7 Å². The van der Waals surface area contributed by atoms with Gasteiger partial charge in [-0.25, -0.2) is 0 Å². The number of hydrogen-bond donors (Lipinski definition) is 0. The minimum absolute atomic E-state index is 0.0480. The van der Waals surface area contributed by atoms with Crippen LogP contribution in [0.25, 0.3) is 0 Å². The molecule has 2 nitrogen and oxygen atoms in total. The van der Waals surface area contributed by atoms with Gasteiger partial charge < -0.3 is 4.74 Å². The Labute approximate surface area is 177 Å². The molecule has 154 valence electrons. The minimum atomic E-state index is 0.0480. The predicted octanol–water partition coefficient (Wildman–Crippen LogP) is 6.47. The summed E-state index contributed by atoms with van der Waals surface area (Å²) in [6.07, 6.45) is 6.56. The van der Waals surface area contributed by atoms with Crippen molar-refractivity contribution in [3.8, 4) is 17.6 Å². The van der Waals surface area contributed by atoms with Crippen molar-refractivity contribution < 1.29 is 4.74 Å². The molecule has 0 aliphatic rings. The van der Waals surface area contributed by atoms with Crippen LogP contribution in [0, 0.1) is 17.3 Å². The molecule has 0 spiro atoms. The van der Waals surface area contributed by atoms with Crippen molar-refractivity contribution in [1.82, 2.24) is 4.90 Å². The highest BCUT2D eigenvalue weighted by molar-refractivity contribution is 5.29. The molecule has 2 aromatic carbocycles. The summed E-state index contributed by atoms with van der Waals surface area (Å²) in [5.74, 6) is 7.34. The molecule has 2 rings (SSSR count). The molecule has 0 N–H and O–H groups in total. The second kappa shape index (κ2) is 12.1. The molecule has 2 heteroatoms. The third-order valence-corrected chi connectivity index (χ3v) is 4.39. The zero-order chi connectivity index (χ0) is 21.0. The SMILES string of the molecule is CCCCN(C/C=C/C#CC(C)(C)C)Cc1cccc(OCc2ccccc2)c1. The maximum absolute atomic E-state index is 5.99. The summed E-state index contributed by atoms with van der Waals surface area (Å²) in [7, 11) is 0. The van der Waals surface area contributed by atoms with Gasteiger partial charge in [-0.05, 0) is 63.1 Å². The average molecular weight is 390 g/mol. The highest BCUT2D eigenvalue weighted by Gasteiger charge is 2.06. The topological polar surface area (TPSA) is 12.5 Å². The number of benzene rings is 2. The second-order valence-electron chi connectivity index (χ2n) is 8.43. The first-order valence-corrected chi connectivity index (χ1v) is 10.6. The summed E-state index contributed by atoms with van der Waals surface area (Å²) in [5, 5.41) is 0. The van der Waals surface area contributed by atoms with E-state index in [0.29, 0.717) is 6.61 Å². The van der Waals surface area contributed by atoms with E-state index in [1.807, 2.05) is 30.3 Å². The number of rotatable bonds is 10. The van der Waals surface area contributed by atoms with Crippen LogP contribution >= 0.6 is 0 Å². The van der Waals surface area contributed by atoms with Crippen molar-refractivity contribution in [2.45, 2.75) is 53.7 Å². The first-order valence-electron chi connectivity index (χ1n) is 10.6. The minimum Gasteiger partial charge on any atom is -0.489 e. The lowest BCUT2D eigenvalue weighted by molar-refractivity contribution is 0.286. The molecule has 0 amide bonds. The maximum Gasteiger partial charge on any atom is 0.120 e. The van der Waals surface area contributed by atoms with E-state index in [2.05, 4.69) is 80.8 Å². The van der Waals surface area contributed by atoms with Crippen molar-refractivity contribution in [2.75, 3.05) is 13.1 Å². The molecule has 2 aromatic rings. The zero-order valence-electron chi connectivity index (χ0n) is 18.4. The molecule has 0 aliphatic carbocycles. The molecule has 0 fully saturated rings. The van der Waals surface area contributed by atoms with Crippen molar-refractivity contribution >= 4 is 0 Å². The second-order valence-corrected chi connectivity index (χ2v) is 8.43. The Morgan fingerprint density at radius 2 is 1.76 bits per heavy atom. The lowest BCUT2D eigenvalue weighted by Gasteiger charge is -2.21. The Balaban J connectivity index is 1.94. The van der Waals surface area contributed by atoms with Crippen LogP contribution in [0.5, 0.6) is 5.75 Å². The van der Waals surface area contributed by atoms with Crippen LogP contribution in [-0.4, -0.2) is 18.0 Å². The molecule has 0 heterocycles. The largest absolute Gasteiger partial charge is 0.489 e. The van der Waals surface area contributed by atoms with Crippen molar-refractivity contribution in [2.24, 2.45) is 5.41 Å². The number of ether oxygens (including phenoxy) is 1. The maximum atomic E-state index is 5.99. The molecule has 0 radical (unpaired) electrons. The molecule has 0 bridgehead atoms. The Kier molecular flexibility index (Phi) is 9.54. The summed E-state index contributed by atoms with van der Waals surface area (Å²) >= 11 is 0. The van der Waals surface area contributed by atoms with Crippen LogP contribution in [-0.2, 0) is 13.2 Å². The van der Waals surface area contributed by atoms with E-state index in [9.17, 15) is 0 Å². The van der Waals surface area contributed by atoms with E-state index in [1.54, 1.807) is 0 Å². The van der Waals surface area contributed by atoms with E-state index in [1.165, 1.54) is 24.0 Å². The molecular formula is C27H35NO. The van der Waals surface area contributed by atoms with Gasteiger partial charge in [0.05, 0.1) is 0 Å². The lowest BCUT2D eigenvalue weighted by atomic mass is 9.98. The first-order chi connectivity index (χ1) is 14.0. The smallest absolute Gasteiger partial charge is 0.120 e. The van der Waals surface area contributed by atoms with Crippen LogP contribution in [0.3, 0.4) is 0 Å². The normalized spacial score (nSPS) is 11.5. The third kappa shape index (κ3) is 10.0. The standard InChI is InChI=1S/C27H35NO/c1-5-6-19-28(20-12-8-11-18-27(2,3)4)22-25-16-13-17-26(21-25)29-23-24-14-9-7-10-15-24/h7-10,12-17,21H,5-6,19-20,22-23H2,1-4H3/b12-8+. The van der Waals surface area contributed by atoms with Gasteiger partial charge in [0, 0.05) is 18.5 Å². The van der Waals surface area contributed by atoms with E-state index in [0.717, 1.165) is 25.4 Å². The summed E-state index contributed by atoms with van der Waals surface area (Å²) in [6, 6.07) is 18.7. The molecule has 29 heavy (non-hydrogen) atoms. The lowest BCUT2D eigenvalue weighted by Crippen LogP contribution is -2.24. The predicted molar refractivity (Wildman–Crippen MR) is 124 cm³/mol. The fourth-order valence-corrected chi connectivity index (χ4v) is 2.87. The van der Waals surface area contributed by atoms with Gasteiger partial charge in [0.25, 0.3) is 0 Å². The highest BCUT2D eigenvalue weighted by atomic mass is 16.5. The summed E-state index contributed by atoms with van der Waals surface area (Å²) < 4.78 is 5.99. The first kappa shape index (κ1) is 22.8.